The molecule has 0 bridgehead atoms. The van der Waals surface area contributed by atoms with Crippen LogP contribution in [0, 0.1) is 23.0 Å². The van der Waals surface area contributed by atoms with Crippen molar-refractivity contribution in [2.75, 3.05) is 79.4 Å². The van der Waals surface area contributed by atoms with Crippen molar-refractivity contribution in [3.8, 4) is 11.3 Å². The Morgan fingerprint density at radius 2 is 1.76 bits per heavy atom. The second-order valence-electron chi connectivity index (χ2n) is 13.8. The lowest BCUT2D eigenvalue weighted by molar-refractivity contribution is -0.858. The number of ether oxygens (including phenoxy) is 1. The average molecular weight is 772 g/mol. The van der Waals surface area contributed by atoms with Crippen molar-refractivity contribution < 1.29 is 37.9 Å². The molecule has 1 aliphatic rings. The number of nitrogens with one attached hydrogen (secondary N) is 3. The Kier molecular flexibility index (Phi) is 14.5. The normalized spacial score (nSPS) is 14.6. The molecule has 292 valence electrons. The summed E-state index contributed by atoms with van der Waals surface area (Å²) in [5.41, 5.74) is 0.709. The van der Waals surface area contributed by atoms with Gasteiger partial charge in [-0.3, -0.25) is 14.4 Å². The SMILES string of the molecule is COCCN(C)/C=C(\C(C)=N)c1ccc(-c2cnc(C(=O)Nc3ccc(C(=O)N4CCN(C(=O)C(CC[NH+](C)C)C(C)O)CC4)c(Cl)c3)n2C)c(F)c1F. The summed E-state index contributed by atoms with van der Waals surface area (Å²) in [4.78, 5) is 50.2. The zero-order valence-electron chi connectivity index (χ0n) is 31.8. The first-order chi connectivity index (χ1) is 25.5. The summed E-state index contributed by atoms with van der Waals surface area (Å²) in [6.45, 7) is 6.01. The van der Waals surface area contributed by atoms with Gasteiger partial charge in [-0.25, -0.2) is 13.8 Å². The number of methoxy groups -OCH3 is 1. The van der Waals surface area contributed by atoms with Crippen LogP contribution in [-0.4, -0.2) is 133 Å². The van der Waals surface area contributed by atoms with E-state index in [0.717, 1.165) is 6.54 Å². The maximum atomic E-state index is 15.6. The minimum absolute atomic E-state index is 0.0489. The first-order valence-electron chi connectivity index (χ1n) is 17.7. The summed E-state index contributed by atoms with van der Waals surface area (Å²) in [5, 5.41) is 21.2. The maximum Gasteiger partial charge on any atom is 0.291 e. The molecule has 4 rings (SSSR count). The molecule has 16 heteroatoms. The molecule has 2 heterocycles. The van der Waals surface area contributed by atoms with Gasteiger partial charge in [-0.1, -0.05) is 17.7 Å². The van der Waals surface area contributed by atoms with Crippen LogP contribution in [0.4, 0.5) is 14.5 Å². The minimum atomic E-state index is -1.15. The molecule has 1 fully saturated rings. The van der Waals surface area contributed by atoms with Gasteiger partial charge in [0.2, 0.25) is 5.91 Å². The van der Waals surface area contributed by atoms with Crippen LogP contribution in [-0.2, 0) is 16.6 Å². The molecular weight excluding hydrogens is 722 g/mol. The first kappa shape index (κ1) is 42.0. The number of rotatable bonds is 15. The second-order valence-corrected chi connectivity index (χ2v) is 14.2. The highest BCUT2D eigenvalue weighted by molar-refractivity contribution is 6.34. The number of quaternary nitrogens is 1. The molecule has 2 aromatic carbocycles. The summed E-state index contributed by atoms with van der Waals surface area (Å²) in [5.74, 6) is -3.98. The molecule has 2 atom stereocenters. The van der Waals surface area contributed by atoms with E-state index in [1.807, 2.05) is 14.1 Å². The molecule has 2 unspecified atom stereocenters. The second kappa shape index (κ2) is 18.6. The summed E-state index contributed by atoms with van der Waals surface area (Å²) in [6.07, 6.45) is 2.61. The number of halogens is 3. The summed E-state index contributed by atoms with van der Waals surface area (Å²) in [7, 11) is 8.78. The van der Waals surface area contributed by atoms with Gasteiger partial charge in [-0.05, 0) is 38.1 Å². The van der Waals surface area contributed by atoms with Crippen molar-refractivity contribution in [3.63, 3.8) is 0 Å². The van der Waals surface area contributed by atoms with Crippen molar-refractivity contribution in [2.24, 2.45) is 13.0 Å². The molecule has 0 spiro atoms. The Balaban J connectivity index is 1.43. The number of anilines is 1. The average Bonchev–Trinajstić information content (AvgIpc) is 3.51. The number of benzene rings is 2. The number of allylic oxidation sites excluding steroid dienone is 1. The number of nitrogens with zero attached hydrogens (tertiary/aromatic N) is 5. The van der Waals surface area contributed by atoms with Crippen LogP contribution in [0.15, 0.2) is 42.7 Å². The molecule has 1 saturated heterocycles. The Labute approximate surface area is 319 Å². The van der Waals surface area contributed by atoms with Gasteiger partial charge in [-0.15, -0.1) is 0 Å². The molecule has 13 nitrogen and oxygen atoms in total. The number of amides is 3. The number of hydrogen-bond donors (Lipinski definition) is 4. The fourth-order valence-corrected chi connectivity index (χ4v) is 6.48. The largest absolute Gasteiger partial charge is 0.393 e. The fraction of sp³-hybridized carbons (Fsp3) is 0.447. The quantitative estimate of drug-likeness (QED) is 0.174. The van der Waals surface area contributed by atoms with Crippen LogP contribution in [0.1, 0.15) is 46.8 Å². The summed E-state index contributed by atoms with van der Waals surface area (Å²) >= 11 is 6.52. The van der Waals surface area contributed by atoms with Crippen molar-refractivity contribution in [1.82, 2.24) is 24.3 Å². The number of piperazine rings is 1. The lowest BCUT2D eigenvalue weighted by atomic mass is 9.97. The predicted molar refractivity (Wildman–Crippen MR) is 204 cm³/mol. The van der Waals surface area contributed by atoms with E-state index >= 15 is 8.78 Å². The van der Waals surface area contributed by atoms with E-state index in [0.29, 0.717) is 45.8 Å². The van der Waals surface area contributed by atoms with E-state index in [1.165, 1.54) is 60.0 Å². The van der Waals surface area contributed by atoms with Crippen LogP contribution in [0.3, 0.4) is 0 Å². The molecule has 3 aromatic rings. The van der Waals surface area contributed by atoms with Crippen LogP contribution < -0.4 is 10.2 Å². The van der Waals surface area contributed by atoms with Crippen LogP contribution >= 0.6 is 11.6 Å². The highest BCUT2D eigenvalue weighted by Gasteiger charge is 2.32. The molecule has 0 saturated carbocycles. The van der Waals surface area contributed by atoms with E-state index in [2.05, 4.69) is 10.3 Å². The highest BCUT2D eigenvalue weighted by atomic mass is 35.5. The minimum Gasteiger partial charge on any atom is -0.393 e. The van der Waals surface area contributed by atoms with E-state index in [4.69, 9.17) is 21.7 Å². The van der Waals surface area contributed by atoms with Crippen LogP contribution in [0.25, 0.3) is 16.8 Å². The Hall–Kier alpha value is -4.70. The molecule has 0 aliphatic carbocycles. The van der Waals surface area contributed by atoms with Crippen molar-refractivity contribution >= 4 is 46.3 Å². The Bertz CT molecular complexity index is 1890. The molecular formula is C38H50ClF2N8O5+. The molecule has 54 heavy (non-hydrogen) atoms. The van der Waals surface area contributed by atoms with E-state index < -0.39 is 29.6 Å². The number of aromatic nitrogens is 2. The Morgan fingerprint density at radius 3 is 2.35 bits per heavy atom. The highest BCUT2D eigenvalue weighted by Crippen LogP contribution is 2.31. The van der Waals surface area contributed by atoms with E-state index in [9.17, 15) is 19.5 Å². The summed E-state index contributed by atoms with van der Waals surface area (Å²) < 4.78 is 37.5. The van der Waals surface area contributed by atoms with E-state index in [1.54, 1.807) is 42.0 Å². The number of hydrogen-bond acceptors (Lipinski definition) is 8. The van der Waals surface area contributed by atoms with Gasteiger partial charge >= 0.3 is 0 Å². The third-order valence-electron chi connectivity index (χ3n) is 9.43. The monoisotopic (exact) mass is 771 g/mol. The van der Waals surface area contributed by atoms with Gasteiger partial charge in [0.15, 0.2) is 17.5 Å². The lowest BCUT2D eigenvalue weighted by Crippen LogP contribution is -3.05. The molecule has 3 amide bonds. The standard InChI is InChI=1S/C38H49ClF2N8O5/c1-23(42)30(22-46(5)18-19-54-7)27-10-11-29(34(41)33(27)40)32-21-43-35(47(32)6)36(51)44-25-8-9-28(31(39)20-25)38(53)49-16-14-48(15-17-49)37(52)26(24(2)50)12-13-45(3)4/h8-11,20-22,24,26,42,50H,12-19H2,1-7H3,(H,44,51)/p+1/b30-22+,42-23?. The van der Waals surface area contributed by atoms with E-state index in [-0.39, 0.29) is 62.0 Å². The van der Waals surface area contributed by atoms with Gasteiger partial charge in [-0.2, -0.15) is 0 Å². The van der Waals surface area contributed by atoms with Crippen LogP contribution in [0.2, 0.25) is 5.02 Å². The fourth-order valence-electron chi connectivity index (χ4n) is 6.22. The number of imidazole rings is 1. The van der Waals surface area contributed by atoms with Gasteiger partial charge in [0.25, 0.3) is 11.8 Å². The van der Waals surface area contributed by atoms with Gasteiger partial charge in [0.05, 0.1) is 61.7 Å². The smallest absolute Gasteiger partial charge is 0.291 e. The number of carbonyl (C=O) groups excluding carboxylic acids is 3. The molecule has 1 aliphatic heterocycles. The zero-order valence-corrected chi connectivity index (χ0v) is 32.6. The summed E-state index contributed by atoms with van der Waals surface area (Å²) in [6, 6.07) is 7.23. The van der Waals surface area contributed by atoms with Crippen molar-refractivity contribution in [1.29, 1.82) is 5.41 Å². The van der Waals surface area contributed by atoms with Gasteiger partial charge in [0.1, 0.15) is 0 Å². The Morgan fingerprint density at radius 1 is 1.11 bits per heavy atom. The van der Waals surface area contributed by atoms with Crippen LogP contribution in [0.5, 0.6) is 0 Å². The predicted octanol–water partition coefficient (Wildman–Crippen LogP) is 3.05. The van der Waals surface area contributed by atoms with Crippen molar-refractivity contribution in [3.05, 3.63) is 76.3 Å². The number of carbonyl (C=O) groups is 3. The molecule has 1 aromatic heterocycles. The zero-order chi connectivity index (χ0) is 39.9. The third-order valence-corrected chi connectivity index (χ3v) is 9.74. The number of likely N-dealkylation sites (N-methyl/N-ethyl adjacent to an activating group) is 1. The lowest BCUT2D eigenvalue weighted by Gasteiger charge is -2.37. The van der Waals surface area contributed by atoms with Crippen molar-refractivity contribution in [2.45, 2.75) is 26.4 Å². The van der Waals surface area contributed by atoms with Gasteiger partial charge in [0, 0.05) is 94.6 Å². The number of aliphatic hydroxyl groups is 1. The first-order valence-corrected chi connectivity index (χ1v) is 18.1. The molecule has 4 N–H and O–H groups in total. The maximum absolute atomic E-state index is 15.6. The molecule has 0 radical (unpaired) electrons. The third kappa shape index (κ3) is 9.88. The topological polar surface area (TPSA) is 149 Å². The van der Waals surface area contributed by atoms with Gasteiger partial charge < -0.3 is 44.7 Å². The number of aliphatic hydroxyl groups excluding tert-OH is 1.